The lowest BCUT2D eigenvalue weighted by molar-refractivity contribution is -0.130. The van der Waals surface area contributed by atoms with Crippen molar-refractivity contribution in [3.63, 3.8) is 0 Å². The summed E-state index contributed by atoms with van der Waals surface area (Å²) in [5.41, 5.74) is 1.46. The molecular formula is C11H11ClO3. The number of rotatable bonds is 4. The van der Waals surface area contributed by atoms with E-state index in [1.165, 1.54) is 13.4 Å². The Bertz CT molecular complexity index is 385. The summed E-state index contributed by atoms with van der Waals surface area (Å²) in [5.74, 6) is -0.765. The fourth-order valence-corrected chi connectivity index (χ4v) is 1.48. The first-order chi connectivity index (χ1) is 7.20. The van der Waals surface area contributed by atoms with Crippen LogP contribution in [-0.2, 0) is 15.4 Å². The van der Waals surface area contributed by atoms with Crippen LogP contribution in [-0.4, -0.2) is 18.2 Å². The van der Waals surface area contributed by atoms with Gasteiger partial charge in [-0.05, 0) is 11.1 Å². The van der Waals surface area contributed by atoms with Crippen LogP contribution in [0.15, 0.2) is 30.5 Å². The Morgan fingerprint density at radius 1 is 1.53 bits per heavy atom. The summed E-state index contributed by atoms with van der Waals surface area (Å²) in [7, 11) is 1.41. The van der Waals surface area contributed by atoms with Crippen molar-refractivity contribution in [2.24, 2.45) is 0 Å². The van der Waals surface area contributed by atoms with Crippen molar-refractivity contribution < 1.29 is 14.6 Å². The molecule has 1 aromatic carbocycles. The molecule has 0 aliphatic carbocycles. The van der Waals surface area contributed by atoms with Crippen molar-refractivity contribution in [3.8, 4) is 0 Å². The van der Waals surface area contributed by atoms with E-state index in [0.717, 1.165) is 5.56 Å². The Hall–Kier alpha value is -1.48. The second-order valence-electron chi connectivity index (χ2n) is 2.86. The minimum absolute atomic E-state index is 0.105. The highest BCUT2D eigenvalue weighted by molar-refractivity contribution is 6.19. The van der Waals surface area contributed by atoms with E-state index in [0.29, 0.717) is 5.56 Å². The molecule has 15 heavy (non-hydrogen) atoms. The van der Waals surface area contributed by atoms with Gasteiger partial charge in [-0.25, -0.2) is 4.79 Å². The monoisotopic (exact) mass is 226 g/mol. The van der Waals surface area contributed by atoms with Crippen LogP contribution in [0.3, 0.4) is 0 Å². The zero-order valence-electron chi connectivity index (χ0n) is 8.24. The Balaban J connectivity index is 3.22. The van der Waals surface area contributed by atoms with Gasteiger partial charge < -0.3 is 9.84 Å². The van der Waals surface area contributed by atoms with E-state index in [1.54, 1.807) is 18.2 Å². The average molecular weight is 227 g/mol. The topological polar surface area (TPSA) is 46.5 Å². The van der Waals surface area contributed by atoms with Gasteiger partial charge in [-0.15, -0.1) is 11.6 Å². The zero-order valence-corrected chi connectivity index (χ0v) is 8.99. The highest BCUT2D eigenvalue weighted by Gasteiger charge is 2.13. The summed E-state index contributed by atoms with van der Waals surface area (Å²) >= 11 is 5.72. The Kier molecular flexibility index (Phi) is 4.18. The zero-order chi connectivity index (χ0) is 11.3. The number of carbonyl (C=O) groups is 1. The highest BCUT2D eigenvalue weighted by atomic mass is 35.5. The molecule has 0 aromatic heterocycles. The minimum atomic E-state index is -1.03. The van der Waals surface area contributed by atoms with E-state index in [-0.39, 0.29) is 11.5 Å². The molecule has 0 unspecified atom stereocenters. The molecule has 1 rings (SSSR count). The largest absolute Gasteiger partial charge is 0.503 e. The molecule has 0 radical (unpaired) electrons. The van der Waals surface area contributed by atoms with Gasteiger partial charge in [0.1, 0.15) is 5.57 Å². The first-order valence-electron chi connectivity index (χ1n) is 4.31. The van der Waals surface area contributed by atoms with Crippen molar-refractivity contribution in [3.05, 3.63) is 41.7 Å². The number of hydrogen-bond donors (Lipinski definition) is 1. The maximum Gasteiger partial charge on any atom is 0.339 e. The van der Waals surface area contributed by atoms with Gasteiger partial charge in [-0.3, -0.25) is 0 Å². The van der Waals surface area contributed by atoms with Gasteiger partial charge in [0.15, 0.2) is 0 Å². The molecule has 0 saturated heterocycles. The van der Waals surface area contributed by atoms with Crippen LogP contribution < -0.4 is 0 Å². The molecule has 0 atom stereocenters. The first kappa shape index (κ1) is 11.6. The molecule has 0 saturated carbocycles. The van der Waals surface area contributed by atoms with Crippen molar-refractivity contribution in [2.75, 3.05) is 7.11 Å². The molecule has 0 aliphatic rings. The van der Waals surface area contributed by atoms with E-state index in [9.17, 15) is 4.79 Å². The van der Waals surface area contributed by atoms with E-state index >= 15 is 0 Å². The van der Waals surface area contributed by atoms with Crippen molar-refractivity contribution in [2.45, 2.75) is 5.88 Å². The first-order valence-corrected chi connectivity index (χ1v) is 4.84. The lowest BCUT2D eigenvalue weighted by Crippen LogP contribution is -2.02. The third-order valence-corrected chi connectivity index (χ3v) is 2.21. The van der Waals surface area contributed by atoms with Gasteiger partial charge in [0.2, 0.25) is 0 Å². The fourth-order valence-electron chi connectivity index (χ4n) is 1.25. The second kappa shape index (κ2) is 5.41. The normalized spacial score (nSPS) is 11.2. The average Bonchev–Trinajstić information content (AvgIpc) is 2.25. The lowest BCUT2D eigenvalue weighted by Gasteiger charge is -2.07. The van der Waals surface area contributed by atoms with E-state index in [4.69, 9.17) is 21.4 Å². The molecule has 3 nitrogen and oxygen atoms in total. The predicted octanol–water partition coefficient (Wildman–Crippen LogP) is 2.50. The van der Waals surface area contributed by atoms with Crippen LogP contribution in [0.5, 0.6) is 0 Å². The smallest absolute Gasteiger partial charge is 0.339 e. The molecular weight excluding hydrogens is 216 g/mol. The Morgan fingerprint density at radius 3 is 2.73 bits per heavy atom. The number of benzene rings is 1. The van der Waals surface area contributed by atoms with Crippen LogP contribution >= 0.6 is 11.6 Å². The number of alkyl halides is 1. The van der Waals surface area contributed by atoms with Crippen LogP contribution in [0.2, 0.25) is 0 Å². The molecule has 0 heterocycles. The van der Waals surface area contributed by atoms with Crippen molar-refractivity contribution >= 4 is 23.1 Å². The summed E-state index contributed by atoms with van der Waals surface area (Å²) < 4.78 is 4.73. The number of carboxylic acids is 1. The molecule has 0 aliphatic heterocycles. The fraction of sp³-hybridized carbons (Fsp3) is 0.182. The van der Waals surface area contributed by atoms with Gasteiger partial charge in [-0.2, -0.15) is 0 Å². The van der Waals surface area contributed by atoms with Gasteiger partial charge >= 0.3 is 5.97 Å². The lowest BCUT2D eigenvalue weighted by atomic mass is 10.0. The summed E-state index contributed by atoms with van der Waals surface area (Å²) in [6.45, 7) is 0. The van der Waals surface area contributed by atoms with Crippen molar-refractivity contribution in [1.29, 1.82) is 0 Å². The van der Waals surface area contributed by atoms with E-state index in [1.807, 2.05) is 6.07 Å². The third-order valence-electron chi connectivity index (χ3n) is 1.92. The van der Waals surface area contributed by atoms with E-state index in [2.05, 4.69) is 0 Å². The predicted molar refractivity (Wildman–Crippen MR) is 58.6 cm³/mol. The molecule has 80 valence electrons. The van der Waals surface area contributed by atoms with Crippen LogP contribution in [0.25, 0.3) is 5.57 Å². The number of aliphatic carboxylic acids is 1. The van der Waals surface area contributed by atoms with Crippen LogP contribution in [0.4, 0.5) is 0 Å². The molecule has 0 fully saturated rings. The summed E-state index contributed by atoms with van der Waals surface area (Å²) in [6.07, 6.45) is 1.20. The number of ether oxygens (including phenoxy) is 1. The number of hydrogen-bond acceptors (Lipinski definition) is 2. The maximum atomic E-state index is 11.0. The quantitative estimate of drug-likeness (QED) is 0.488. The second-order valence-corrected chi connectivity index (χ2v) is 3.13. The molecule has 0 amide bonds. The number of methoxy groups -OCH3 is 1. The number of carboxylic acid groups (broad SMARTS) is 1. The molecule has 0 spiro atoms. The SMILES string of the molecule is CO/C=C(\C(=O)O)c1ccccc1CCl. The minimum Gasteiger partial charge on any atom is -0.503 e. The standard InChI is InChI=1S/C11H11ClO3/c1-15-7-10(11(13)14)9-5-3-2-4-8(9)6-12/h2-5,7H,6H2,1H3,(H,13,14)/b10-7-. The Morgan fingerprint density at radius 2 is 2.20 bits per heavy atom. The highest BCUT2D eigenvalue weighted by Crippen LogP contribution is 2.21. The Labute approximate surface area is 92.9 Å². The van der Waals surface area contributed by atoms with Gasteiger partial charge in [-0.1, -0.05) is 24.3 Å². The summed E-state index contributed by atoms with van der Waals surface area (Å²) in [6, 6.07) is 7.07. The van der Waals surface area contributed by atoms with Crippen molar-refractivity contribution in [1.82, 2.24) is 0 Å². The third kappa shape index (κ3) is 2.73. The number of halogens is 1. The molecule has 1 aromatic rings. The molecule has 0 bridgehead atoms. The maximum absolute atomic E-state index is 11.0. The van der Waals surface area contributed by atoms with E-state index < -0.39 is 5.97 Å². The van der Waals surface area contributed by atoms with Crippen LogP contribution in [0.1, 0.15) is 11.1 Å². The summed E-state index contributed by atoms with van der Waals surface area (Å²) in [4.78, 5) is 11.0. The van der Waals surface area contributed by atoms with Gasteiger partial charge in [0.25, 0.3) is 0 Å². The van der Waals surface area contributed by atoms with Crippen LogP contribution in [0, 0.1) is 0 Å². The molecule has 1 N–H and O–H groups in total. The van der Waals surface area contributed by atoms with Gasteiger partial charge in [0.05, 0.1) is 13.4 Å². The van der Waals surface area contributed by atoms with Gasteiger partial charge in [0, 0.05) is 5.88 Å². The molecule has 4 heteroatoms. The summed E-state index contributed by atoms with van der Waals surface area (Å²) in [5, 5.41) is 8.99.